The Hall–Kier alpha value is -1.61. The van der Waals surface area contributed by atoms with Crippen LogP contribution in [0.25, 0.3) is 0 Å². The summed E-state index contributed by atoms with van der Waals surface area (Å²) in [7, 11) is 0. The highest BCUT2D eigenvalue weighted by molar-refractivity contribution is 5.39. The summed E-state index contributed by atoms with van der Waals surface area (Å²) in [6, 6.07) is 7.16. The molecule has 94 valence electrons. The van der Waals surface area contributed by atoms with Gasteiger partial charge in [0.2, 0.25) is 0 Å². The maximum absolute atomic E-state index is 4.06. The van der Waals surface area contributed by atoms with Gasteiger partial charge in [0, 0.05) is 11.8 Å². The molecule has 1 aliphatic carbocycles. The average Bonchev–Trinajstić information content (AvgIpc) is 3.05. The van der Waals surface area contributed by atoms with Crippen LogP contribution in [-0.2, 0) is 12.8 Å². The van der Waals surface area contributed by atoms with Crippen LogP contribution in [0.15, 0.2) is 30.6 Å². The maximum atomic E-state index is 4.06. The molecule has 0 fully saturated rings. The number of fused-ring (bicyclic) bond motifs is 1. The number of nitrogens with zero attached hydrogens (tertiary/aromatic N) is 1. The standard InChI is InChI=1S/C15H19N3/c1-2-16-15(14-9-17-18-10-14)13-7-6-11-4-3-5-12(11)8-13/h6-10,15-16H,2-5H2,1H3,(H,17,18). The number of aryl methyl sites for hydroxylation is 2. The molecule has 1 unspecified atom stereocenters. The number of rotatable bonds is 4. The van der Waals surface area contributed by atoms with E-state index in [1.54, 1.807) is 0 Å². The van der Waals surface area contributed by atoms with E-state index in [0.717, 1.165) is 6.54 Å². The van der Waals surface area contributed by atoms with E-state index in [-0.39, 0.29) is 6.04 Å². The summed E-state index contributed by atoms with van der Waals surface area (Å²) in [6.45, 7) is 3.09. The fourth-order valence-electron chi connectivity index (χ4n) is 2.82. The van der Waals surface area contributed by atoms with Crippen LogP contribution in [-0.4, -0.2) is 16.7 Å². The summed E-state index contributed by atoms with van der Waals surface area (Å²) < 4.78 is 0. The third-order valence-corrected chi connectivity index (χ3v) is 3.72. The molecule has 1 aromatic carbocycles. The monoisotopic (exact) mass is 241 g/mol. The van der Waals surface area contributed by atoms with Crippen LogP contribution in [0.2, 0.25) is 0 Å². The normalized spacial score (nSPS) is 15.6. The van der Waals surface area contributed by atoms with Gasteiger partial charge in [-0.15, -0.1) is 0 Å². The van der Waals surface area contributed by atoms with Crippen LogP contribution >= 0.6 is 0 Å². The summed E-state index contributed by atoms with van der Waals surface area (Å²) in [5.41, 5.74) is 5.61. The Morgan fingerprint density at radius 2 is 2.17 bits per heavy atom. The van der Waals surface area contributed by atoms with Crippen molar-refractivity contribution >= 4 is 0 Å². The Kier molecular flexibility index (Phi) is 3.15. The molecule has 0 aliphatic heterocycles. The second kappa shape index (κ2) is 4.94. The minimum atomic E-state index is 0.250. The quantitative estimate of drug-likeness (QED) is 0.864. The van der Waals surface area contributed by atoms with Gasteiger partial charge in [-0.2, -0.15) is 5.10 Å². The van der Waals surface area contributed by atoms with Crippen molar-refractivity contribution in [3.8, 4) is 0 Å². The summed E-state index contributed by atoms with van der Waals surface area (Å²) in [6.07, 6.45) is 7.65. The first-order valence-corrected chi connectivity index (χ1v) is 6.72. The molecule has 2 N–H and O–H groups in total. The molecule has 3 nitrogen and oxygen atoms in total. The Balaban J connectivity index is 1.95. The van der Waals surface area contributed by atoms with Gasteiger partial charge < -0.3 is 5.32 Å². The van der Waals surface area contributed by atoms with Crippen LogP contribution in [0.4, 0.5) is 0 Å². The van der Waals surface area contributed by atoms with Gasteiger partial charge in [-0.3, -0.25) is 5.10 Å². The first-order valence-electron chi connectivity index (χ1n) is 6.72. The molecule has 0 amide bonds. The SMILES string of the molecule is CCNC(c1cn[nH]c1)c1ccc2c(c1)CCC2. The van der Waals surface area contributed by atoms with Gasteiger partial charge in [0.15, 0.2) is 0 Å². The van der Waals surface area contributed by atoms with E-state index in [1.165, 1.54) is 41.5 Å². The molecule has 3 heteroatoms. The fraction of sp³-hybridized carbons (Fsp3) is 0.400. The van der Waals surface area contributed by atoms with Crippen molar-refractivity contribution in [3.63, 3.8) is 0 Å². The van der Waals surface area contributed by atoms with Crippen molar-refractivity contribution in [2.75, 3.05) is 6.54 Å². The molecule has 0 saturated carbocycles. The number of aromatic nitrogens is 2. The van der Waals surface area contributed by atoms with E-state index in [2.05, 4.69) is 40.6 Å². The van der Waals surface area contributed by atoms with Crippen LogP contribution in [0.5, 0.6) is 0 Å². The minimum Gasteiger partial charge on any atom is -0.306 e. The zero-order valence-corrected chi connectivity index (χ0v) is 10.7. The summed E-state index contributed by atoms with van der Waals surface area (Å²) >= 11 is 0. The molecule has 1 aliphatic rings. The molecule has 0 radical (unpaired) electrons. The van der Waals surface area contributed by atoms with Gasteiger partial charge in [0.1, 0.15) is 0 Å². The lowest BCUT2D eigenvalue weighted by Gasteiger charge is -2.18. The van der Waals surface area contributed by atoms with Gasteiger partial charge in [0.05, 0.1) is 12.2 Å². The van der Waals surface area contributed by atoms with Crippen molar-refractivity contribution in [3.05, 3.63) is 52.8 Å². The predicted octanol–water partition coefficient (Wildman–Crippen LogP) is 2.60. The Labute approximate surface area is 108 Å². The number of hydrogen-bond donors (Lipinski definition) is 2. The topological polar surface area (TPSA) is 40.7 Å². The largest absolute Gasteiger partial charge is 0.306 e. The second-order valence-corrected chi connectivity index (χ2v) is 4.90. The minimum absolute atomic E-state index is 0.250. The highest BCUT2D eigenvalue weighted by atomic mass is 15.1. The lowest BCUT2D eigenvalue weighted by Crippen LogP contribution is -2.21. The van der Waals surface area contributed by atoms with Crippen LogP contribution < -0.4 is 5.32 Å². The molecule has 3 rings (SSSR count). The molecular formula is C15H19N3. The van der Waals surface area contributed by atoms with Gasteiger partial charge >= 0.3 is 0 Å². The number of nitrogens with one attached hydrogen (secondary N) is 2. The highest BCUT2D eigenvalue weighted by Crippen LogP contribution is 2.28. The lowest BCUT2D eigenvalue weighted by molar-refractivity contribution is 0.630. The lowest BCUT2D eigenvalue weighted by atomic mass is 9.97. The van der Waals surface area contributed by atoms with Gasteiger partial charge in [-0.05, 0) is 42.5 Å². The molecule has 1 atom stereocenters. The van der Waals surface area contributed by atoms with Crippen molar-refractivity contribution in [1.82, 2.24) is 15.5 Å². The van der Waals surface area contributed by atoms with E-state index >= 15 is 0 Å². The zero-order chi connectivity index (χ0) is 12.4. The van der Waals surface area contributed by atoms with E-state index in [9.17, 15) is 0 Å². The average molecular weight is 241 g/mol. The van der Waals surface area contributed by atoms with Gasteiger partial charge in [0.25, 0.3) is 0 Å². The Morgan fingerprint density at radius 3 is 2.94 bits per heavy atom. The highest BCUT2D eigenvalue weighted by Gasteiger charge is 2.17. The summed E-state index contributed by atoms with van der Waals surface area (Å²) in [4.78, 5) is 0. The smallest absolute Gasteiger partial charge is 0.0607 e. The van der Waals surface area contributed by atoms with Gasteiger partial charge in [-0.1, -0.05) is 25.1 Å². The van der Waals surface area contributed by atoms with E-state index in [0.29, 0.717) is 0 Å². The predicted molar refractivity (Wildman–Crippen MR) is 72.6 cm³/mol. The third-order valence-electron chi connectivity index (χ3n) is 3.72. The van der Waals surface area contributed by atoms with E-state index < -0.39 is 0 Å². The van der Waals surface area contributed by atoms with Crippen LogP contribution in [0.1, 0.15) is 41.6 Å². The number of hydrogen-bond acceptors (Lipinski definition) is 2. The maximum Gasteiger partial charge on any atom is 0.0607 e. The number of H-pyrrole nitrogens is 1. The van der Waals surface area contributed by atoms with Gasteiger partial charge in [-0.25, -0.2) is 0 Å². The molecule has 0 bridgehead atoms. The first kappa shape index (κ1) is 11.5. The van der Waals surface area contributed by atoms with Crippen molar-refractivity contribution in [2.45, 2.75) is 32.2 Å². The Morgan fingerprint density at radius 1 is 1.28 bits per heavy atom. The van der Waals surface area contributed by atoms with Crippen molar-refractivity contribution in [1.29, 1.82) is 0 Å². The number of aromatic amines is 1. The summed E-state index contributed by atoms with van der Waals surface area (Å²) in [5.74, 6) is 0. The molecule has 0 saturated heterocycles. The van der Waals surface area contributed by atoms with E-state index in [4.69, 9.17) is 0 Å². The first-order chi connectivity index (χ1) is 8.88. The second-order valence-electron chi connectivity index (χ2n) is 4.90. The van der Waals surface area contributed by atoms with Crippen LogP contribution in [0.3, 0.4) is 0 Å². The molecule has 0 spiro atoms. The number of benzene rings is 1. The zero-order valence-electron chi connectivity index (χ0n) is 10.7. The molecule has 1 heterocycles. The molecule has 18 heavy (non-hydrogen) atoms. The van der Waals surface area contributed by atoms with Crippen molar-refractivity contribution < 1.29 is 0 Å². The Bertz CT molecular complexity index is 517. The fourth-order valence-corrected chi connectivity index (χ4v) is 2.82. The third kappa shape index (κ3) is 2.06. The molecule has 1 aromatic heterocycles. The van der Waals surface area contributed by atoms with E-state index in [1.807, 2.05) is 12.4 Å². The summed E-state index contributed by atoms with van der Waals surface area (Å²) in [5, 5.41) is 10.5. The van der Waals surface area contributed by atoms with Crippen molar-refractivity contribution in [2.24, 2.45) is 0 Å². The molecular weight excluding hydrogens is 222 g/mol. The molecule has 2 aromatic rings. The van der Waals surface area contributed by atoms with Crippen LogP contribution in [0, 0.1) is 0 Å².